The highest BCUT2D eigenvalue weighted by atomic mass is 16.6. The maximum absolute atomic E-state index is 12.2. The van der Waals surface area contributed by atoms with E-state index < -0.39 is 16.9 Å². The number of non-ortho nitro benzene ring substituents is 1. The van der Waals surface area contributed by atoms with Crippen LogP contribution in [0.3, 0.4) is 0 Å². The van der Waals surface area contributed by atoms with Crippen LogP contribution in [0.5, 0.6) is 5.75 Å². The fraction of sp³-hybridized carbons (Fsp3) is 0.562. The van der Waals surface area contributed by atoms with E-state index in [9.17, 15) is 20.0 Å². The highest BCUT2D eigenvalue weighted by molar-refractivity contribution is 5.95. The third kappa shape index (κ3) is 4.66. The Kier molecular flexibility index (Phi) is 5.54. The highest BCUT2D eigenvalue weighted by Gasteiger charge is 2.24. The molecule has 1 aromatic rings. The van der Waals surface area contributed by atoms with E-state index in [0.29, 0.717) is 5.92 Å². The number of nitro benzene ring substituents is 1. The molecule has 1 fully saturated rings. The summed E-state index contributed by atoms with van der Waals surface area (Å²) >= 11 is 0. The van der Waals surface area contributed by atoms with Crippen molar-refractivity contribution in [2.75, 3.05) is 5.32 Å². The Bertz CT molecular complexity index is 590. The van der Waals surface area contributed by atoms with Gasteiger partial charge < -0.3 is 15.2 Å². The van der Waals surface area contributed by atoms with Gasteiger partial charge in [-0.3, -0.25) is 14.9 Å². The third-order valence-electron chi connectivity index (χ3n) is 4.10. The van der Waals surface area contributed by atoms with Crippen LogP contribution in [0.15, 0.2) is 18.2 Å². The molecule has 2 rings (SSSR count). The number of phenolic OH excluding ortho intramolecular Hbond substituents is 1. The van der Waals surface area contributed by atoms with E-state index in [2.05, 4.69) is 12.2 Å². The van der Waals surface area contributed by atoms with Crippen LogP contribution >= 0.6 is 0 Å². The number of anilines is 1. The number of hydrogen-bond donors (Lipinski definition) is 2. The SMILES string of the molecule is C[C@@H]1CCC[C@@H](O[C@@H](C)C(=O)Nc2cc([N+](=O)[O-])ccc2O)C1. The molecule has 7 heteroatoms. The number of nitrogens with zero attached hydrogens (tertiary/aromatic N) is 1. The van der Waals surface area contributed by atoms with Crippen LogP contribution in [0.1, 0.15) is 39.5 Å². The van der Waals surface area contributed by atoms with Crippen molar-refractivity contribution < 1.29 is 19.6 Å². The molecule has 0 radical (unpaired) electrons. The highest BCUT2D eigenvalue weighted by Crippen LogP contribution is 2.29. The number of aromatic hydroxyl groups is 1. The molecular formula is C16H22N2O5. The van der Waals surface area contributed by atoms with E-state index in [1.54, 1.807) is 6.92 Å². The van der Waals surface area contributed by atoms with Crippen molar-refractivity contribution in [2.24, 2.45) is 5.92 Å². The quantitative estimate of drug-likeness (QED) is 0.492. The van der Waals surface area contributed by atoms with Crippen LogP contribution in [0, 0.1) is 16.0 Å². The first-order valence-corrected chi connectivity index (χ1v) is 7.80. The Labute approximate surface area is 134 Å². The van der Waals surface area contributed by atoms with Crippen molar-refractivity contribution in [3.8, 4) is 5.75 Å². The predicted octanol–water partition coefficient (Wildman–Crippen LogP) is 3.22. The zero-order valence-electron chi connectivity index (χ0n) is 13.3. The van der Waals surface area contributed by atoms with Crippen LogP contribution < -0.4 is 5.32 Å². The van der Waals surface area contributed by atoms with Crippen LogP contribution in [0.2, 0.25) is 0 Å². The van der Waals surface area contributed by atoms with Crippen LogP contribution in [-0.2, 0) is 9.53 Å². The standard InChI is InChI=1S/C16H22N2O5/c1-10-4-3-5-13(8-10)23-11(2)16(20)17-14-9-12(18(21)22)6-7-15(14)19/h6-7,9-11,13,19H,3-5,8H2,1-2H3,(H,17,20)/t10-,11+,13-/m1/s1. The molecule has 0 aromatic heterocycles. The molecule has 0 saturated heterocycles. The molecule has 1 saturated carbocycles. The molecule has 1 aromatic carbocycles. The summed E-state index contributed by atoms with van der Waals surface area (Å²) < 4.78 is 5.79. The van der Waals surface area contributed by atoms with Crippen molar-refractivity contribution in [2.45, 2.75) is 51.7 Å². The topological polar surface area (TPSA) is 102 Å². The van der Waals surface area contributed by atoms with Gasteiger partial charge in [0, 0.05) is 12.1 Å². The Hall–Kier alpha value is -2.15. The molecule has 0 aliphatic heterocycles. The summed E-state index contributed by atoms with van der Waals surface area (Å²) in [7, 11) is 0. The molecule has 0 bridgehead atoms. The van der Waals surface area contributed by atoms with Gasteiger partial charge in [0.25, 0.3) is 11.6 Å². The zero-order valence-corrected chi connectivity index (χ0v) is 13.3. The predicted molar refractivity (Wildman–Crippen MR) is 85.4 cm³/mol. The molecule has 1 aliphatic carbocycles. The number of amides is 1. The Balaban J connectivity index is 1.98. The molecule has 126 valence electrons. The van der Waals surface area contributed by atoms with E-state index in [0.717, 1.165) is 25.3 Å². The lowest BCUT2D eigenvalue weighted by Gasteiger charge is -2.29. The fourth-order valence-electron chi connectivity index (χ4n) is 2.82. The molecule has 1 amide bonds. The monoisotopic (exact) mass is 322 g/mol. The lowest BCUT2D eigenvalue weighted by molar-refractivity contribution is -0.384. The summed E-state index contributed by atoms with van der Waals surface area (Å²) in [6.07, 6.45) is 3.50. The molecule has 1 aliphatic rings. The van der Waals surface area contributed by atoms with E-state index in [-0.39, 0.29) is 23.2 Å². The summed E-state index contributed by atoms with van der Waals surface area (Å²) in [6, 6.07) is 3.49. The summed E-state index contributed by atoms with van der Waals surface area (Å²) in [6.45, 7) is 3.81. The minimum Gasteiger partial charge on any atom is -0.506 e. The van der Waals surface area contributed by atoms with Gasteiger partial charge >= 0.3 is 0 Å². The number of benzene rings is 1. The fourth-order valence-corrected chi connectivity index (χ4v) is 2.82. The second kappa shape index (κ2) is 7.41. The number of rotatable bonds is 5. The number of carbonyl (C=O) groups excluding carboxylic acids is 1. The third-order valence-corrected chi connectivity index (χ3v) is 4.10. The van der Waals surface area contributed by atoms with Crippen molar-refractivity contribution >= 4 is 17.3 Å². The van der Waals surface area contributed by atoms with E-state index in [1.165, 1.54) is 18.6 Å². The van der Waals surface area contributed by atoms with Gasteiger partial charge in [0.05, 0.1) is 16.7 Å². The first-order chi connectivity index (χ1) is 10.9. The van der Waals surface area contributed by atoms with Crippen molar-refractivity contribution in [1.82, 2.24) is 0 Å². The summed E-state index contributed by atoms with van der Waals surface area (Å²) in [4.78, 5) is 22.4. The van der Waals surface area contributed by atoms with Crippen molar-refractivity contribution in [1.29, 1.82) is 0 Å². The van der Waals surface area contributed by atoms with E-state index in [1.807, 2.05) is 0 Å². The molecule has 3 atom stereocenters. The molecule has 0 spiro atoms. The van der Waals surface area contributed by atoms with E-state index >= 15 is 0 Å². The van der Waals surface area contributed by atoms with Crippen molar-refractivity contribution in [3.05, 3.63) is 28.3 Å². The lowest BCUT2D eigenvalue weighted by Crippen LogP contribution is -2.33. The maximum atomic E-state index is 12.2. The second-order valence-corrected chi connectivity index (χ2v) is 6.12. The molecule has 0 unspecified atom stereocenters. The number of ether oxygens (including phenoxy) is 1. The van der Waals surface area contributed by atoms with Gasteiger partial charge in [-0.05, 0) is 31.7 Å². The van der Waals surface area contributed by atoms with Gasteiger partial charge in [0.2, 0.25) is 0 Å². The number of phenols is 1. The maximum Gasteiger partial charge on any atom is 0.271 e. The van der Waals surface area contributed by atoms with Crippen molar-refractivity contribution in [3.63, 3.8) is 0 Å². The first kappa shape index (κ1) is 17.2. The Morgan fingerprint density at radius 1 is 1.48 bits per heavy atom. The normalized spacial score (nSPS) is 22.3. The summed E-state index contributed by atoms with van der Waals surface area (Å²) in [5.74, 6) is -0.0636. The molecule has 0 heterocycles. The number of carbonyl (C=O) groups is 1. The largest absolute Gasteiger partial charge is 0.506 e. The number of nitrogens with one attached hydrogen (secondary N) is 1. The van der Waals surface area contributed by atoms with Gasteiger partial charge in [-0.15, -0.1) is 0 Å². The molecular weight excluding hydrogens is 300 g/mol. The lowest BCUT2D eigenvalue weighted by atomic mass is 9.88. The van der Waals surface area contributed by atoms with Gasteiger partial charge in [-0.25, -0.2) is 0 Å². The number of nitro groups is 1. The van der Waals surface area contributed by atoms with Crippen LogP contribution in [0.4, 0.5) is 11.4 Å². The minimum atomic E-state index is -0.691. The molecule has 23 heavy (non-hydrogen) atoms. The first-order valence-electron chi connectivity index (χ1n) is 7.80. The number of hydrogen-bond acceptors (Lipinski definition) is 5. The second-order valence-electron chi connectivity index (χ2n) is 6.12. The molecule has 7 nitrogen and oxygen atoms in total. The molecule has 2 N–H and O–H groups in total. The minimum absolute atomic E-state index is 0.0108. The zero-order chi connectivity index (χ0) is 17.0. The van der Waals surface area contributed by atoms with Gasteiger partial charge in [-0.1, -0.05) is 19.8 Å². The average molecular weight is 322 g/mol. The van der Waals surface area contributed by atoms with E-state index in [4.69, 9.17) is 4.74 Å². The van der Waals surface area contributed by atoms with Crippen LogP contribution in [-0.4, -0.2) is 28.1 Å². The van der Waals surface area contributed by atoms with Gasteiger partial charge in [0.1, 0.15) is 11.9 Å². The van der Waals surface area contributed by atoms with Crippen LogP contribution in [0.25, 0.3) is 0 Å². The summed E-state index contributed by atoms with van der Waals surface area (Å²) in [5.41, 5.74) is -0.190. The smallest absolute Gasteiger partial charge is 0.271 e. The average Bonchev–Trinajstić information content (AvgIpc) is 2.49. The Morgan fingerprint density at radius 3 is 2.87 bits per heavy atom. The van der Waals surface area contributed by atoms with Gasteiger partial charge in [0.15, 0.2) is 0 Å². The summed E-state index contributed by atoms with van der Waals surface area (Å²) in [5, 5.41) is 23.0. The Morgan fingerprint density at radius 2 is 2.22 bits per heavy atom. The van der Waals surface area contributed by atoms with Gasteiger partial charge in [-0.2, -0.15) is 0 Å².